The largest absolute Gasteiger partial charge is 0.358 e. The smallest absolute Gasteiger partial charge is 0 e. The van der Waals surface area contributed by atoms with Crippen LogP contribution in [0.25, 0.3) is 0 Å². The van der Waals surface area contributed by atoms with Gasteiger partial charge in [0.15, 0.2) is 0 Å². The van der Waals surface area contributed by atoms with Crippen molar-refractivity contribution in [3.63, 3.8) is 0 Å². The van der Waals surface area contributed by atoms with Crippen LogP contribution in [-0.2, 0) is 0 Å². The summed E-state index contributed by atoms with van der Waals surface area (Å²) in [5, 5.41) is 0. The minimum atomic E-state index is 0. The van der Waals surface area contributed by atoms with Crippen LogP contribution in [0.4, 0.5) is 0 Å². The first-order chi connectivity index (χ1) is 2.50. The van der Waals surface area contributed by atoms with Crippen LogP contribution < -0.4 is 0 Å². The molecule has 0 aliphatic rings. The fraction of sp³-hybridized carbons (Fsp3) is 0. The Labute approximate surface area is 72.9 Å². The van der Waals surface area contributed by atoms with Gasteiger partial charge in [0.25, 0.3) is 0 Å². The van der Waals surface area contributed by atoms with Crippen LogP contribution in [0, 0.1) is 43.0 Å². The number of rotatable bonds is 0. The molecule has 1 heteroatoms. The van der Waals surface area contributed by atoms with E-state index >= 15 is 0 Å². The van der Waals surface area contributed by atoms with Gasteiger partial charge < -0.3 is 7.43 Å². The van der Waals surface area contributed by atoms with E-state index in [-0.39, 0.29) is 43.0 Å². The molecule has 1 aromatic rings. The first-order valence-corrected chi connectivity index (χ1v) is 1.67. The van der Waals surface area contributed by atoms with E-state index in [1.165, 1.54) is 0 Å². The molecule has 0 unspecified atom stereocenters. The van der Waals surface area contributed by atoms with Crippen LogP contribution in [0.15, 0.2) is 30.3 Å². The quantitative estimate of drug-likeness (QED) is 0.584. The first kappa shape index (κ1) is 10.5. The average molecular weight is 219 g/mol. The summed E-state index contributed by atoms with van der Waals surface area (Å²) in [5.41, 5.74) is 0. The molecule has 0 fully saturated rings. The van der Waals surface area contributed by atoms with Gasteiger partial charge in [0.1, 0.15) is 0 Å². The third-order valence-electron chi connectivity index (χ3n) is 0.556. The Hall–Kier alpha value is 0.545. The van der Waals surface area contributed by atoms with Crippen LogP contribution in [0.1, 0.15) is 0 Å². The summed E-state index contributed by atoms with van der Waals surface area (Å²) >= 11 is 0. The molecule has 0 aliphatic heterocycles. The molecule has 0 aromatic heterocycles. The molecule has 0 atom stereocenters. The third kappa shape index (κ3) is 4.40. The molecule has 0 aliphatic carbocycles. The summed E-state index contributed by atoms with van der Waals surface area (Å²) in [6.07, 6.45) is 0. The van der Waals surface area contributed by atoms with Crippen molar-refractivity contribution >= 4 is 0 Å². The maximum absolute atomic E-state index is 2.00. The maximum atomic E-state index is 2.00. The Bertz CT molecular complexity index is 60.7. The fourth-order valence-corrected chi connectivity index (χ4v) is 0.321. The van der Waals surface area contributed by atoms with E-state index in [9.17, 15) is 0 Å². The summed E-state index contributed by atoms with van der Waals surface area (Å²) in [7, 11) is 0. The number of hydrogen-bond acceptors (Lipinski definition) is 0. The van der Waals surface area contributed by atoms with Gasteiger partial charge in [-0.1, -0.05) is 0 Å². The van der Waals surface area contributed by atoms with Gasteiger partial charge in [0.05, 0.1) is 0 Å². The minimum absolute atomic E-state index is 0. The Morgan fingerprint density at radius 3 is 1.57 bits per heavy atom. The van der Waals surface area contributed by atoms with Crippen molar-refractivity contribution in [2.45, 2.75) is 0 Å². The first-order valence-electron chi connectivity index (χ1n) is 1.67. The topological polar surface area (TPSA) is 0 Å². The van der Waals surface area contributed by atoms with Gasteiger partial charge in [-0.15, -0.1) is 0 Å². The summed E-state index contributed by atoms with van der Waals surface area (Å²) in [5.74, 6) is 0. The summed E-state index contributed by atoms with van der Waals surface area (Å²) < 4.78 is 0. The molecular formula is C6H8La-2. The van der Waals surface area contributed by atoms with Gasteiger partial charge in [-0.05, 0) is 0 Å². The second kappa shape index (κ2) is 6.54. The van der Waals surface area contributed by atoms with Crippen LogP contribution >= 0.6 is 0 Å². The van der Waals surface area contributed by atoms with Gasteiger partial charge >= 0.3 is 0 Å². The van der Waals surface area contributed by atoms with Crippen LogP contribution in [0.2, 0.25) is 0 Å². The molecule has 1 aromatic carbocycles. The Balaban J connectivity index is 0. The second-order valence-electron chi connectivity index (χ2n) is 0.962. The molecule has 0 nitrogen and oxygen atoms in total. The second-order valence-corrected chi connectivity index (χ2v) is 0.962. The van der Waals surface area contributed by atoms with E-state index in [4.69, 9.17) is 0 Å². The molecule has 37 valence electrons. The predicted octanol–water partition coefficient (Wildman–Crippen LogP) is 1.86. The molecule has 0 saturated heterocycles. The molecular weight excluding hydrogens is 211 g/mol. The predicted molar refractivity (Wildman–Crippen MR) is 28.4 cm³/mol. The molecule has 1 rings (SSSR count). The Morgan fingerprint density at radius 1 is 1.00 bits per heavy atom. The van der Waals surface area contributed by atoms with Gasteiger partial charge in [-0.25, -0.2) is 12.1 Å². The molecule has 0 N–H and O–H groups in total. The van der Waals surface area contributed by atoms with Gasteiger partial charge in [0, 0.05) is 35.6 Å². The SMILES string of the molecule is [CH3-].[La].c1cc[cH-]c1. The molecule has 1 radical (unpaired) electrons. The van der Waals surface area contributed by atoms with E-state index in [0.717, 1.165) is 0 Å². The monoisotopic (exact) mass is 219 g/mol. The van der Waals surface area contributed by atoms with Crippen molar-refractivity contribution in [1.82, 2.24) is 0 Å². The fourth-order valence-electron chi connectivity index (χ4n) is 0.321. The zero-order valence-electron chi connectivity index (χ0n) is 4.46. The van der Waals surface area contributed by atoms with E-state index < -0.39 is 0 Å². The van der Waals surface area contributed by atoms with Crippen LogP contribution in [-0.4, -0.2) is 0 Å². The minimum Gasteiger partial charge on any atom is -0.358 e. The molecule has 0 saturated carbocycles. The van der Waals surface area contributed by atoms with Crippen molar-refractivity contribution in [1.29, 1.82) is 0 Å². The normalized spacial score (nSPS) is 5.71. The van der Waals surface area contributed by atoms with Crippen molar-refractivity contribution in [2.24, 2.45) is 0 Å². The van der Waals surface area contributed by atoms with Crippen LogP contribution in [0.3, 0.4) is 0 Å². The van der Waals surface area contributed by atoms with E-state index in [2.05, 4.69) is 0 Å². The van der Waals surface area contributed by atoms with Crippen molar-refractivity contribution in [2.75, 3.05) is 0 Å². The van der Waals surface area contributed by atoms with Gasteiger partial charge in [0.2, 0.25) is 0 Å². The Kier molecular flexibility index (Phi) is 9.83. The molecule has 7 heavy (non-hydrogen) atoms. The molecule has 0 heterocycles. The standard InChI is InChI=1S/C5H5.CH3.La/c1-2-4-5-3-1;;/h1-5H;1H3;/q2*-1;. The van der Waals surface area contributed by atoms with Gasteiger partial charge in [-0.3, -0.25) is 0 Å². The third-order valence-corrected chi connectivity index (χ3v) is 0.556. The molecule has 0 amide bonds. The van der Waals surface area contributed by atoms with E-state index in [1.807, 2.05) is 30.3 Å². The molecule has 0 bridgehead atoms. The Morgan fingerprint density at radius 2 is 1.43 bits per heavy atom. The van der Waals surface area contributed by atoms with Crippen molar-refractivity contribution < 1.29 is 35.6 Å². The van der Waals surface area contributed by atoms with E-state index in [0.29, 0.717) is 0 Å². The summed E-state index contributed by atoms with van der Waals surface area (Å²) in [4.78, 5) is 0. The zero-order valence-corrected chi connectivity index (χ0v) is 8.09. The maximum Gasteiger partial charge on any atom is 0 e. The average Bonchev–Trinajstić information content (AvgIpc) is 1.76. The van der Waals surface area contributed by atoms with Crippen molar-refractivity contribution in [3.8, 4) is 0 Å². The van der Waals surface area contributed by atoms with Gasteiger partial charge in [-0.2, -0.15) is 18.2 Å². The summed E-state index contributed by atoms with van der Waals surface area (Å²) in [6, 6.07) is 10.0. The van der Waals surface area contributed by atoms with Crippen LogP contribution in [0.5, 0.6) is 0 Å². The zero-order chi connectivity index (χ0) is 3.54. The molecule has 0 spiro atoms. The number of hydrogen-bond donors (Lipinski definition) is 0. The van der Waals surface area contributed by atoms with E-state index in [1.54, 1.807) is 0 Å². The van der Waals surface area contributed by atoms with Crippen molar-refractivity contribution in [3.05, 3.63) is 37.8 Å². The summed E-state index contributed by atoms with van der Waals surface area (Å²) in [6.45, 7) is 0.